The molecule has 0 bridgehead atoms. The van der Waals surface area contributed by atoms with Crippen LogP contribution in [0.1, 0.15) is 16.4 Å². The molecule has 4 aromatic rings. The van der Waals surface area contributed by atoms with Crippen LogP contribution in [0.2, 0.25) is 5.02 Å². The molecule has 134 valence electrons. The Morgan fingerprint density at radius 3 is 2.89 bits per heavy atom. The van der Waals surface area contributed by atoms with Gasteiger partial charge in [0.05, 0.1) is 16.7 Å². The van der Waals surface area contributed by atoms with Crippen LogP contribution < -0.4 is 5.32 Å². The molecule has 5 rings (SSSR count). The first kappa shape index (κ1) is 16.1. The predicted molar refractivity (Wildman–Crippen MR) is 105 cm³/mol. The third-order valence-electron chi connectivity index (χ3n) is 5.06. The first-order chi connectivity index (χ1) is 13.1. The van der Waals surface area contributed by atoms with E-state index in [1.807, 2.05) is 60.5 Å². The van der Waals surface area contributed by atoms with Crippen molar-refractivity contribution in [2.75, 3.05) is 11.9 Å². The highest BCUT2D eigenvalue weighted by Crippen LogP contribution is 2.37. The van der Waals surface area contributed by atoms with Crippen LogP contribution in [-0.4, -0.2) is 31.9 Å². The molecule has 1 N–H and O–H groups in total. The first-order valence-corrected chi connectivity index (χ1v) is 9.02. The molecule has 3 heterocycles. The van der Waals surface area contributed by atoms with Gasteiger partial charge < -0.3 is 5.32 Å². The number of fused-ring (bicyclic) bond motifs is 2. The van der Waals surface area contributed by atoms with E-state index in [-0.39, 0.29) is 11.8 Å². The maximum absolute atomic E-state index is 13.1. The molecule has 6 nitrogen and oxygen atoms in total. The monoisotopic (exact) mass is 377 g/mol. The maximum atomic E-state index is 13.1. The summed E-state index contributed by atoms with van der Waals surface area (Å²) in [6, 6.07) is 11.2. The van der Waals surface area contributed by atoms with Gasteiger partial charge in [0.15, 0.2) is 5.78 Å². The van der Waals surface area contributed by atoms with Gasteiger partial charge >= 0.3 is 0 Å². The van der Waals surface area contributed by atoms with Crippen LogP contribution >= 0.6 is 11.6 Å². The molecule has 0 fully saturated rings. The molecule has 2 aromatic heterocycles. The minimum absolute atomic E-state index is 0.0350. The number of nitrogens with one attached hydrogen (secondary N) is 1. The van der Waals surface area contributed by atoms with Gasteiger partial charge in [-0.1, -0.05) is 17.7 Å². The first-order valence-electron chi connectivity index (χ1n) is 8.65. The van der Waals surface area contributed by atoms with Crippen molar-refractivity contribution in [3.8, 4) is 11.1 Å². The summed E-state index contributed by atoms with van der Waals surface area (Å²) in [5.74, 6) is 0.0350. The zero-order valence-electron chi connectivity index (χ0n) is 14.6. The smallest absolute Gasteiger partial charge is 0.191 e. The lowest BCUT2D eigenvalue weighted by Gasteiger charge is -2.26. The Balaban J connectivity index is 1.61. The highest BCUT2D eigenvalue weighted by Gasteiger charge is 2.30. The standard InChI is InChI=1S/C20H16ClN5O/c1-25-18-4-3-12(7-13(18)10-24-25)14-8-15-17(9-16(14)21)22-11-19(20(15)27)26-6-2-5-23-26/h2-10,19,22H,11H2,1H3. The van der Waals surface area contributed by atoms with Crippen LogP contribution in [-0.2, 0) is 7.05 Å². The van der Waals surface area contributed by atoms with E-state index in [9.17, 15) is 4.79 Å². The maximum Gasteiger partial charge on any atom is 0.191 e. The molecule has 0 radical (unpaired) electrons. The second-order valence-electron chi connectivity index (χ2n) is 6.67. The molecule has 1 aliphatic rings. The van der Waals surface area contributed by atoms with Crippen molar-refractivity contribution < 1.29 is 4.79 Å². The highest BCUT2D eigenvalue weighted by molar-refractivity contribution is 6.34. The molecular weight excluding hydrogens is 362 g/mol. The summed E-state index contributed by atoms with van der Waals surface area (Å²) in [6.07, 6.45) is 5.31. The molecule has 0 saturated heterocycles. The van der Waals surface area contributed by atoms with E-state index in [1.54, 1.807) is 10.9 Å². The second kappa shape index (κ2) is 5.96. The highest BCUT2D eigenvalue weighted by atomic mass is 35.5. The Bertz CT molecular complexity index is 1180. The number of rotatable bonds is 2. The van der Waals surface area contributed by atoms with Gasteiger partial charge in [-0.25, -0.2) is 0 Å². The molecule has 0 spiro atoms. The summed E-state index contributed by atoms with van der Waals surface area (Å²) in [5, 5.41) is 13.4. The Morgan fingerprint density at radius 1 is 1.19 bits per heavy atom. The number of halogens is 1. The molecule has 1 aliphatic heterocycles. The van der Waals surface area contributed by atoms with Gasteiger partial charge in [0, 0.05) is 48.2 Å². The number of nitrogens with zero attached hydrogens (tertiary/aromatic N) is 4. The third-order valence-corrected chi connectivity index (χ3v) is 5.38. The van der Waals surface area contributed by atoms with E-state index < -0.39 is 0 Å². The van der Waals surface area contributed by atoms with Crippen molar-refractivity contribution in [1.82, 2.24) is 19.6 Å². The summed E-state index contributed by atoms with van der Waals surface area (Å²) >= 11 is 6.55. The SMILES string of the molecule is Cn1ncc2cc(-c3cc4c(cc3Cl)NCC(n3cccn3)C4=O)ccc21. The summed E-state index contributed by atoms with van der Waals surface area (Å²) in [4.78, 5) is 13.1. The van der Waals surface area contributed by atoms with E-state index in [0.717, 1.165) is 27.7 Å². The topological polar surface area (TPSA) is 64.7 Å². The number of hydrogen-bond donors (Lipinski definition) is 1. The molecule has 2 aromatic carbocycles. The number of ketones is 1. The number of carbonyl (C=O) groups is 1. The Hall–Kier alpha value is -3.12. The number of hydrogen-bond acceptors (Lipinski definition) is 4. The van der Waals surface area contributed by atoms with E-state index in [1.165, 1.54) is 0 Å². The van der Waals surface area contributed by atoms with Crippen LogP contribution in [0.4, 0.5) is 5.69 Å². The van der Waals surface area contributed by atoms with Gasteiger partial charge in [-0.05, 0) is 35.9 Å². The van der Waals surface area contributed by atoms with Crippen LogP contribution in [0.15, 0.2) is 55.0 Å². The predicted octanol–water partition coefficient (Wildman–Crippen LogP) is 3.94. The van der Waals surface area contributed by atoms with Crippen molar-refractivity contribution in [3.63, 3.8) is 0 Å². The molecule has 1 atom stereocenters. The molecular formula is C20H16ClN5O. The second-order valence-corrected chi connectivity index (χ2v) is 7.07. The number of aryl methyl sites for hydroxylation is 1. The zero-order valence-corrected chi connectivity index (χ0v) is 15.3. The molecule has 7 heteroatoms. The normalized spacial score (nSPS) is 16.4. The molecule has 0 amide bonds. The van der Waals surface area contributed by atoms with E-state index >= 15 is 0 Å². The van der Waals surface area contributed by atoms with Crippen LogP contribution in [0.5, 0.6) is 0 Å². The largest absolute Gasteiger partial charge is 0.382 e. The Morgan fingerprint density at radius 2 is 2.07 bits per heavy atom. The fraction of sp³-hybridized carbons (Fsp3) is 0.150. The van der Waals surface area contributed by atoms with Crippen molar-refractivity contribution >= 4 is 34.0 Å². The van der Waals surface area contributed by atoms with Crippen LogP contribution in [0, 0.1) is 0 Å². The summed E-state index contributed by atoms with van der Waals surface area (Å²) in [6.45, 7) is 0.491. The molecule has 27 heavy (non-hydrogen) atoms. The minimum atomic E-state index is -0.359. The van der Waals surface area contributed by atoms with Gasteiger partial charge in [-0.2, -0.15) is 10.2 Å². The summed E-state index contributed by atoms with van der Waals surface area (Å²) in [5.41, 5.74) is 4.23. The summed E-state index contributed by atoms with van der Waals surface area (Å²) < 4.78 is 3.52. The number of Topliss-reactive ketones (excluding diaryl/α,β-unsaturated/α-hetero) is 1. The molecule has 0 aliphatic carbocycles. The van der Waals surface area contributed by atoms with E-state index in [0.29, 0.717) is 17.1 Å². The minimum Gasteiger partial charge on any atom is -0.382 e. The number of benzene rings is 2. The Kier molecular flexibility index (Phi) is 3.55. The fourth-order valence-electron chi connectivity index (χ4n) is 3.63. The number of anilines is 1. The average Bonchev–Trinajstić information content (AvgIpc) is 3.32. The lowest BCUT2D eigenvalue weighted by molar-refractivity contribution is 0.0920. The number of carbonyl (C=O) groups excluding carboxylic acids is 1. The van der Waals surface area contributed by atoms with Gasteiger partial charge in [0.25, 0.3) is 0 Å². The van der Waals surface area contributed by atoms with Gasteiger partial charge in [-0.15, -0.1) is 0 Å². The van der Waals surface area contributed by atoms with Crippen molar-refractivity contribution in [3.05, 3.63) is 65.6 Å². The van der Waals surface area contributed by atoms with Gasteiger partial charge in [-0.3, -0.25) is 14.2 Å². The lowest BCUT2D eigenvalue weighted by Crippen LogP contribution is -2.32. The van der Waals surface area contributed by atoms with Crippen molar-refractivity contribution in [2.24, 2.45) is 7.05 Å². The van der Waals surface area contributed by atoms with Gasteiger partial charge in [0.1, 0.15) is 6.04 Å². The zero-order chi connectivity index (χ0) is 18.5. The van der Waals surface area contributed by atoms with Crippen LogP contribution in [0.3, 0.4) is 0 Å². The molecule has 0 saturated carbocycles. The van der Waals surface area contributed by atoms with Crippen molar-refractivity contribution in [1.29, 1.82) is 0 Å². The van der Waals surface area contributed by atoms with Gasteiger partial charge in [0.2, 0.25) is 0 Å². The quantitative estimate of drug-likeness (QED) is 0.574. The number of aromatic nitrogens is 4. The fourth-order valence-corrected chi connectivity index (χ4v) is 3.91. The molecule has 1 unspecified atom stereocenters. The third kappa shape index (κ3) is 2.52. The van der Waals surface area contributed by atoms with E-state index in [4.69, 9.17) is 11.6 Å². The van der Waals surface area contributed by atoms with Crippen molar-refractivity contribution in [2.45, 2.75) is 6.04 Å². The van der Waals surface area contributed by atoms with E-state index in [2.05, 4.69) is 15.5 Å². The average molecular weight is 378 g/mol. The van der Waals surface area contributed by atoms with Crippen LogP contribution in [0.25, 0.3) is 22.0 Å². The summed E-state index contributed by atoms with van der Waals surface area (Å²) in [7, 11) is 1.91. The lowest BCUT2D eigenvalue weighted by atomic mass is 9.93. The Labute approximate surface area is 160 Å².